The van der Waals surface area contributed by atoms with Crippen LogP contribution in [0, 0.1) is 5.82 Å². The van der Waals surface area contributed by atoms with E-state index in [0.717, 1.165) is 4.57 Å². The van der Waals surface area contributed by atoms with Gasteiger partial charge in [-0.05, 0) is 24.3 Å². The zero-order chi connectivity index (χ0) is 14.3. The molecule has 8 heteroatoms. The van der Waals surface area contributed by atoms with Crippen molar-refractivity contribution in [1.29, 1.82) is 0 Å². The molecule has 0 aliphatic rings. The van der Waals surface area contributed by atoms with E-state index < -0.39 is 11.2 Å². The molecule has 0 saturated heterocycles. The van der Waals surface area contributed by atoms with Crippen molar-refractivity contribution >= 4 is 11.2 Å². The molecule has 0 spiro atoms. The van der Waals surface area contributed by atoms with Crippen LogP contribution >= 0.6 is 0 Å². The maximum absolute atomic E-state index is 12.9. The molecule has 3 rings (SSSR count). The van der Waals surface area contributed by atoms with Gasteiger partial charge in [0.25, 0.3) is 5.56 Å². The monoisotopic (exact) mass is 273 g/mol. The lowest BCUT2D eigenvalue weighted by atomic mass is 10.2. The number of aromatic nitrogens is 5. The predicted molar refractivity (Wildman–Crippen MR) is 68.6 cm³/mol. The molecule has 0 atom stereocenters. The highest BCUT2D eigenvalue weighted by Gasteiger charge is 2.10. The number of nitrogens with one attached hydrogen (secondary N) is 1. The first-order valence-corrected chi connectivity index (χ1v) is 5.66. The minimum absolute atomic E-state index is 0.00132. The Labute approximate surface area is 110 Å². The van der Waals surface area contributed by atoms with Crippen molar-refractivity contribution in [2.75, 3.05) is 0 Å². The molecule has 2 aromatic heterocycles. The zero-order valence-corrected chi connectivity index (χ0v) is 10.3. The van der Waals surface area contributed by atoms with Gasteiger partial charge in [-0.15, -0.1) is 10.2 Å². The van der Waals surface area contributed by atoms with E-state index in [1.807, 2.05) is 0 Å². The Morgan fingerprint density at radius 3 is 2.55 bits per heavy atom. The van der Waals surface area contributed by atoms with Crippen molar-refractivity contribution in [3.63, 3.8) is 0 Å². The molecular weight excluding hydrogens is 265 g/mol. The van der Waals surface area contributed by atoms with Gasteiger partial charge in [0.2, 0.25) is 0 Å². The fraction of sp³-hybridized carbons (Fsp3) is 0.0833. The van der Waals surface area contributed by atoms with Crippen LogP contribution in [0.5, 0.6) is 0 Å². The molecule has 2 heterocycles. The molecule has 0 aliphatic heterocycles. The van der Waals surface area contributed by atoms with Crippen molar-refractivity contribution in [3.05, 3.63) is 50.9 Å². The van der Waals surface area contributed by atoms with Gasteiger partial charge in [-0.1, -0.05) is 0 Å². The Morgan fingerprint density at radius 1 is 1.15 bits per heavy atom. The van der Waals surface area contributed by atoms with Crippen molar-refractivity contribution in [1.82, 2.24) is 24.7 Å². The van der Waals surface area contributed by atoms with Crippen LogP contribution in [-0.4, -0.2) is 24.7 Å². The van der Waals surface area contributed by atoms with Crippen LogP contribution in [0.4, 0.5) is 4.39 Å². The summed E-state index contributed by atoms with van der Waals surface area (Å²) in [5.41, 5.74) is -0.616. The first-order chi connectivity index (χ1) is 9.56. The summed E-state index contributed by atoms with van der Waals surface area (Å²) in [5, 5.41) is 7.58. The number of aromatic amines is 1. The van der Waals surface area contributed by atoms with Crippen LogP contribution < -0.4 is 11.2 Å². The summed E-state index contributed by atoms with van der Waals surface area (Å²) < 4.78 is 13.8. The first kappa shape index (κ1) is 12.2. The van der Waals surface area contributed by atoms with Crippen molar-refractivity contribution in [2.45, 2.75) is 0 Å². The molecule has 0 amide bonds. The van der Waals surface area contributed by atoms with Crippen LogP contribution in [0.1, 0.15) is 0 Å². The second-order valence-corrected chi connectivity index (χ2v) is 4.13. The topological polar surface area (TPSA) is 93.5 Å². The smallest absolute Gasteiger partial charge is 0.288 e. The normalized spacial score (nSPS) is 10.9. The lowest BCUT2D eigenvalue weighted by molar-refractivity contribution is 0.628. The van der Waals surface area contributed by atoms with Gasteiger partial charge < -0.3 is 0 Å². The van der Waals surface area contributed by atoms with Gasteiger partial charge in [-0.25, -0.2) is 14.2 Å². The van der Waals surface area contributed by atoms with Gasteiger partial charge in [0, 0.05) is 12.6 Å². The van der Waals surface area contributed by atoms with Gasteiger partial charge in [-0.3, -0.25) is 14.3 Å². The summed E-state index contributed by atoms with van der Waals surface area (Å²) in [6, 6.07) is 5.48. The number of hydrogen-bond acceptors (Lipinski definition) is 5. The van der Waals surface area contributed by atoms with Crippen molar-refractivity contribution in [2.24, 2.45) is 7.05 Å². The zero-order valence-electron chi connectivity index (χ0n) is 10.3. The number of hydrogen-bond donors (Lipinski definition) is 1. The van der Waals surface area contributed by atoms with Crippen LogP contribution in [-0.2, 0) is 7.05 Å². The number of halogens is 1. The molecule has 20 heavy (non-hydrogen) atoms. The Balaban J connectivity index is 2.28. The average Bonchev–Trinajstić information content (AvgIpc) is 2.46. The summed E-state index contributed by atoms with van der Waals surface area (Å²) in [7, 11) is 1.33. The highest BCUT2D eigenvalue weighted by Crippen LogP contribution is 2.14. The van der Waals surface area contributed by atoms with Crippen LogP contribution in [0.15, 0.2) is 33.9 Å². The maximum atomic E-state index is 12.9. The van der Waals surface area contributed by atoms with E-state index in [4.69, 9.17) is 0 Å². The lowest BCUT2D eigenvalue weighted by Crippen LogP contribution is -2.33. The van der Waals surface area contributed by atoms with E-state index in [1.165, 1.54) is 31.3 Å². The average molecular weight is 273 g/mol. The fourth-order valence-electron chi connectivity index (χ4n) is 1.72. The van der Waals surface area contributed by atoms with E-state index in [1.54, 1.807) is 0 Å². The number of benzene rings is 1. The van der Waals surface area contributed by atoms with Crippen LogP contribution in [0.25, 0.3) is 22.6 Å². The standard InChI is InChI=1S/C12H8FN5O2/c1-18-11(19)8-10(15-12(18)20)17-16-9(14-8)6-2-4-7(13)5-3-6/h2-5H,1H3,(H,15,17,20). The van der Waals surface area contributed by atoms with Gasteiger partial charge in [-0.2, -0.15) is 0 Å². The van der Waals surface area contributed by atoms with Gasteiger partial charge in [0.05, 0.1) is 0 Å². The summed E-state index contributed by atoms with van der Waals surface area (Å²) in [6.45, 7) is 0. The van der Waals surface area contributed by atoms with E-state index in [2.05, 4.69) is 20.2 Å². The molecule has 3 aromatic rings. The minimum atomic E-state index is -0.590. The van der Waals surface area contributed by atoms with E-state index >= 15 is 0 Å². The molecule has 0 bridgehead atoms. The molecule has 0 saturated carbocycles. The van der Waals surface area contributed by atoms with E-state index in [0.29, 0.717) is 5.56 Å². The largest absolute Gasteiger partial charge is 0.329 e. The number of nitrogens with zero attached hydrogens (tertiary/aromatic N) is 4. The molecule has 0 aliphatic carbocycles. The lowest BCUT2D eigenvalue weighted by Gasteiger charge is -2.02. The number of fused-ring (bicyclic) bond motifs is 1. The van der Waals surface area contributed by atoms with Crippen LogP contribution in [0.2, 0.25) is 0 Å². The van der Waals surface area contributed by atoms with Crippen molar-refractivity contribution in [3.8, 4) is 11.4 Å². The number of rotatable bonds is 1. The SMILES string of the molecule is Cn1c(=O)[nH]c2nnc(-c3ccc(F)cc3)nc2c1=O. The molecule has 1 N–H and O–H groups in total. The highest BCUT2D eigenvalue weighted by atomic mass is 19.1. The second-order valence-electron chi connectivity index (χ2n) is 4.13. The predicted octanol–water partition coefficient (Wildman–Crippen LogP) is 0.218. The van der Waals surface area contributed by atoms with Gasteiger partial charge >= 0.3 is 5.69 Å². The maximum Gasteiger partial charge on any atom is 0.329 e. The third-order valence-corrected chi connectivity index (χ3v) is 2.83. The minimum Gasteiger partial charge on any atom is -0.288 e. The molecular formula is C12H8FN5O2. The molecule has 0 fully saturated rings. The summed E-state index contributed by atoms with van der Waals surface area (Å²) in [4.78, 5) is 29.8. The second kappa shape index (κ2) is 4.34. The Bertz CT molecular complexity index is 914. The summed E-state index contributed by atoms with van der Waals surface area (Å²) in [5.74, 6) is -0.204. The highest BCUT2D eigenvalue weighted by molar-refractivity contribution is 5.70. The number of H-pyrrole nitrogens is 1. The first-order valence-electron chi connectivity index (χ1n) is 5.66. The molecule has 0 unspecified atom stereocenters. The quantitative estimate of drug-likeness (QED) is 0.684. The van der Waals surface area contributed by atoms with Crippen LogP contribution in [0.3, 0.4) is 0 Å². The Kier molecular flexibility index (Phi) is 2.63. The van der Waals surface area contributed by atoms with Gasteiger partial charge in [0.1, 0.15) is 5.82 Å². The molecule has 7 nitrogen and oxygen atoms in total. The third kappa shape index (κ3) is 1.87. The summed E-state index contributed by atoms with van der Waals surface area (Å²) >= 11 is 0. The fourth-order valence-corrected chi connectivity index (χ4v) is 1.72. The molecule has 100 valence electrons. The Morgan fingerprint density at radius 2 is 1.85 bits per heavy atom. The molecule has 1 aromatic carbocycles. The summed E-state index contributed by atoms with van der Waals surface area (Å²) in [6.07, 6.45) is 0. The van der Waals surface area contributed by atoms with Gasteiger partial charge in [0.15, 0.2) is 17.0 Å². The van der Waals surface area contributed by atoms with E-state index in [9.17, 15) is 14.0 Å². The Hall–Kier alpha value is -2.90. The molecule has 0 radical (unpaired) electrons. The third-order valence-electron chi connectivity index (χ3n) is 2.83. The van der Waals surface area contributed by atoms with E-state index in [-0.39, 0.29) is 22.8 Å². The van der Waals surface area contributed by atoms with Crippen molar-refractivity contribution < 1.29 is 4.39 Å².